The van der Waals surface area contributed by atoms with Crippen LogP contribution in [0.15, 0.2) is 0 Å². The van der Waals surface area contributed by atoms with Crippen molar-refractivity contribution in [2.45, 2.75) is 12.3 Å². The van der Waals surface area contributed by atoms with Gasteiger partial charge in [0.25, 0.3) is 0 Å². The Morgan fingerprint density at radius 3 is 1.42 bits per heavy atom. The predicted octanol–water partition coefficient (Wildman–Crippen LogP) is 5.48. The van der Waals surface area contributed by atoms with Crippen molar-refractivity contribution in [1.29, 1.82) is 0 Å². The van der Waals surface area contributed by atoms with Crippen molar-refractivity contribution in [2.24, 2.45) is 0 Å². The van der Waals surface area contributed by atoms with E-state index < -0.39 is 34.5 Å². The van der Waals surface area contributed by atoms with E-state index in [9.17, 15) is 18.6 Å². The second-order valence-electron chi connectivity index (χ2n) is 5.61. The lowest BCUT2D eigenvalue weighted by Gasteiger charge is -2.37. The molecule has 0 rings (SSSR count). The van der Waals surface area contributed by atoms with Gasteiger partial charge in [0.05, 0.1) is 39.2 Å². The smallest absolute Gasteiger partial charge is 0.307 e. The summed E-state index contributed by atoms with van der Waals surface area (Å²) in [5.74, 6) is -0.442. The average Bonchev–Trinajstić information content (AvgIpc) is 2.71. The molecule has 0 radical (unpaired) electrons. The number of alkyl halides is 5. The van der Waals surface area contributed by atoms with Gasteiger partial charge in [0, 0.05) is 29.4 Å². The number of hydrogen-bond donors (Lipinski definition) is 1. The minimum absolute atomic E-state index is 0.0493. The van der Waals surface area contributed by atoms with Gasteiger partial charge in [0.2, 0.25) is 0 Å². The molecule has 0 fully saturated rings. The first-order chi connectivity index (χ1) is 14.5. The molecule has 2 unspecified atom stereocenters. The number of phosphoric acid groups is 1. The molecular formula is C13H26Cl5O10P3. The summed E-state index contributed by atoms with van der Waals surface area (Å²) in [7, 11) is -13.5. The molecule has 0 aliphatic carbocycles. The van der Waals surface area contributed by atoms with Crippen LogP contribution in [-0.2, 0) is 40.8 Å². The Morgan fingerprint density at radius 2 is 1.03 bits per heavy atom. The summed E-state index contributed by atoms with van der Waals surface area (Å²) in [6.07, 6.45) is -0.843. The van der Waals surface area contributed by atoms with Crippen LogP contribution >= 0.6 is 81.0 Å². The van der Waals surface area contributed by atoms with Gasteiger partial charge in [-0.15, -0.1) is 58.0 Å². The highest BCUT2D eigenvalue weighted by atomic mass is 35.5. The summed E-state index contributed by atoms with van der Waals surface area (Å²) < 4.78 is 70.3. The quantitative estimate of drug-likeness (QED) is 0.139. The normalized spacial score (nSPS) is 16.7. The zero-order valence-electron chi connectivity index (χ0n) is 16.6. The number of rotatable bonds is 20. The molecule has 2 atom stereocenters. The van der Waals surface area contributed by atoms with Crippen LogP contribution in [0.5, 0.6) is 0 Å². The molecule has 0 spiro atoms. The Morgan fingerprint density at radius 1 is 0.677 bits per heavy atom. The lowest BCUT2D eigenvalue weighted by Crippen LogP contribution is -2.35. The zero-order chi connectivity index (χ0) is 24.0. The summed E-state index contributed by atoms with van der Waals surface area (Å²) in [5, 5.41) is -2.37. The molecule has 0 aromatic heterocycles. The molecule has 0 saturated carbocycles. The second-order valence-corrected chi connectivity index (χ2v) is 13.4. The van der Waals surface area contributed by atoms with E-state index in [1.54, 1.807) is 0 Å². The summed E-state index contributed by atoms with van der Waals surface area (Å²) >= 11 is 27.9. The van der Waals surface area contributed by atoms with Crippen LogP contribution in [0.25, 0.3) is 0 Å². The molecule has 0 aromatic carbocycles. The molecule has 1 N–H and O–H groups in total. The molecule has 0 saturated heterocycles. The van der Waals surface area contributed by atoms with Crippen LogP contribution < -0.4 is 0 Å². The highest BCUT2D eigenvalue weighted by Gasteiger charge is 2.57. The summed E-state index contributed by atoms with van der Waals surface area (Å²) in [6.45, 7) is -0.326. The fraction of sp³-hybridized carbons (Fsp3) is 1.00. The molecule has 0 aliphatic heterocycles. The summed E-state index contributed by atoms with van der Waals surface area (Å²) in [5.41, 5.74) is 0. The third-order valence-electron chi connectivity index (χ3n) is 3.12. The molecule has 0 heterocycles. The van der Waals surface area contributed by atoms with Crippen LogP contribution in [-0.4, -0.2) is 78.8 Å². The maximum Gasteiger partial charge on any atom is 0.473 e. The van der Waals surface area contributed by atoms with Crippen molar-refractivity contribution in [1.82, 2.24) is 0 Å². The highest BCUT2D eigenvalue weighted by molar-refractivity contribution is 7.60. The van der Waals surface area contributed by atoms with Gasteiger partial charge >= 0.3 is 23.0 Å². The average molecular weight is 613 g/mol. The molecule has 0 bridgehead atoms. The fourth-order valence-electron chi connectivity index (χ4n) is 2.04. The van der Waals surface area contributed by atoms with Gasteiger partial charge in [0.1, 0.15) is 0 Å². The Bertz CT molecular complexity index is 621. The Hall–Kier alpha value is 1.86. The van der Waals surface area contributed by atoms with E-state index in [0.29, 0.717) is 0 Å². The SMILES string of the molecule is CC(CP(=O)(OCCCl)OCCCl)(OP(=O)(O)OCCCl)P(=O)(OCCCl)OCCCl. The highest BCUT2D eigenvalue weighted by Crippen LogP contribution is 2.70. The Balaban J connectivity index is 6.25. The standard InChI is InChI=1S/C13H26Cl5O10P3/c1-13(28-31(21,22)27-11-6-18,30(20,25-9-4-16)26-10-5-17)12-29(19,23-7-2-14)24-8-3-15/h2-12H2,1H3,(H,21,22). The Labute approximate surface area is 207 Å². The van der Waals surface area contributed by atoms with Crippen molar-refractivity contribution < 1.29 is 45.7 Å². The first kappa shape index (κ1) is 32.9. The van der Waals surface area contributed by atoms with E-state index in [4.69, 9.17) is 85.1 Å². The summed E-state index contributed by atoms with van der Waals surface area (Å²) in [6, 6.07) is 0. The third kappa shape index (κ3) is 12.4. The number of halogens is 5. The van der Waals surface area contributed by atoms with Crippen LogP contribution in [0.3, 0.4) is 0 Å². The van der Waals surface area contributed by atoms with E-state index in [-0.39, 0.29) is 62.4 Å². The van der Waals surface area contributed by atoms with Crippen molar-refractivity contribution in [3.8, 4) is 0 Å². The molecule has 10 nitrogen and oxygen atoms in total. The number of phosphoric ester groups is 1. The van der Waals surface area contributed by atoms with Gasteiger partial charge < -0.3 is 23.0 Å². The molecule has 18 heteroatoms. The van der Waals surface area contributed by atoms with Crippen LogP contribution in [0.4, 0.5) is 0 Å². The van der Waals surface area contributed by atoms with E-state index in [1.807, 2.05) is 0 Å². The maximum absolute atomic E-state index is 13.6. The molecule has 0 amide bonds. The van der Waals surface area contributed by atoms with Crippen LogP contribution in [0.2, 0.25) is 0 Å². The van der Waals surface area contributed by atoms with E-state index >= 15 is 0 Å². The van der Waals surface area contributed by atoms with Gasteiger partial charge in [0.15, 0.2) is 5.34 Å². The lowest BCUT2D eigenvalue weighted by molar-refractivity contribution is 0.0647. The molecule has 31 heavy (non-hydrogen) atoms. The van der Waals surface area contributed by atoms with Crippen molar-refractivity contribution in [3.63, 3.8) is 0 Å². The largest absolute Gasteiger partial charge is 0.473 e. The molecule has 188 valence electrons. The van der Waals surface area contributed by atoms with Gasteiger partial charge in [-0.2, -0.15) is 0 Å². The summed E-state index contributed by atoms with van der Waals surface area (Å²) in [4.78, 5) is 10.1. The number of hydrogen-bond acceptors (Lipinski definition) is 9. The van der Waals surface area contributed by atoms with Gasteiger partial charge in [-0.1, -0.05) is 0 Å². The first-order valence-electron chi connectivity index (χ1n) is 8.72. The zero-order valence-corrected chi connectivity index (χ0v) is 23.1. The van der Waals surface area contributed by atoms with Crippen molar-refractivity contribution in [2.75, 3.05) is 68.6 Å². The van der Waals surface area contributed by atoms with Crippen LogP contribution in [0.1, 0.15) is 6.92 Å². The van der Waals surface area contributed by atoms with Gasteiger partial charge in [-0.05, 0) is 6.92 Å². The predicted molar refractivity (Wildman–Crippen MR) is 123 cm³/mol. The first-order valence-corrected chi connectivity index (χ1v) is 16.2. The van der Waals surface area contributed by atoms with E-state index in [0.717, 1.165) is 6.92 Å². The molecular weight excluding hydrogens is 586 g/mol. The minimum atomic E-state index is -4.90. The lowest BCUT2D eigenvalue weighted by atomic mass is 10.5. The van der Waals surface area contributed by atoms with E-state index in [2.05, 4.69) is 0 Å². The third-order valence-corrected chi connectivity index (χ3v) is 10.0. The topological polar surface area (TPSA) is 127 Å². The second kappa shape index (κ2) is 16.5. The van der Waals surface area contributed by atoms with Crippen LogP contribution in [0, 0.1) is 0 Å². The molecule has 0 aromatic rings. The monoisotopic (exact) mass is 610 g/mol. The van der Waals surface area contributed by atoms with Gasteiger partial charge in [-0.25, -0.2) is 4.57 Å². The van der Waals surface area contributed by atoms with Gasteiger partial charge in [-0.3, -0.25) is 18.2 Å². The van der Waals surface area contributed by atoms with Crippen molar-refractivity contribution >= 4 is 81.0 Å². The fourth-order valence-corrected chi connectivity index (χ4v) is 8.99. The molecule has 0 aliphatic rings. The minimum Gasteiger partial charge on any atom is -0.307 e. The van der Waals surface area contributed by atoms with Crippen molar-refractivity contribution in [3.05, 3.63) is 0 Å². The maximum atomic E-state index is 13.6. The Kier molecular flexibility index (Phi) is 17.5. The van der Waals surface area contributed by atoms with E-state index in [1.165, 1.54) is 0 Å².